The normalized spacial score (nSPS) is 11.5. The summed E-state index contributed by atoms with van der Waals surface area (Å²) in [5, 5.41) is 12.2. The number of nitrogens with zero attached hydrogens (tertiary/aromatic N) is 1. The molecule has 1 aromatic heterocycles. The molecule has 0 aliphatic heterocycles. The Balaban J connectivity index is 1.55. The van der Waals surface area contributed by atoms with Crippen molar-refractivity contribution in [2.75, 3.05) is 5.73 Å². The molecule has 6 nitrogen and oxygen atoms in total. The van der Waals surface area contributed by atoms with Gasteiger partial charge in [0.2, 0.25) is 0 Å². The summed E-state index contributed by atoms with van der Waals surface area (Å²) in [6.07, 6.45) is -0.242. The van der Waals surface area contributed by atoms with Crippen molar-refractivity contribution in [1.82, 2.24) is 10.3 Å². The van der Waals surface area contributed by atoms with Gasteiger partial charge in [-0.2, -0.15) is 0 Å². The van der Waals surface area contributed by atoms with Crippen LogP contribution >= 0.6 is 0 Å². The maximum absolute atomic E-state index is 12.9. The van der Waals surface area contributed by atoms with Gasteiger partial charge in [0.1, 0.15) is 5.69 Å². The van der Waals surface area contributed by atoms with E-state index < -0.39 is 17.9 Å². The highest BCUT2D eigenvalue weighted by Gasteiger charge is 2.20. The molecule has 4 rings (SSSR count). The molecule has 1 unspecified atom stereocenters. The van der Waals surface area contributed by atoms with Crippen LogP contribution in [-0.4, -0.2) is 22.0 Å². The van der Waals surface area contributed by atoms with Crippen LogP contribution in [0, 0.1) is 0 Å². The average molecular weight is 437 g/mol. The molecule has 0 spiro atoms. The molecule has 1 amide bonds. The first kappa shape index (κ1) is 21.8. The zero-order valence-electron chi connectivity index (χ0n) is 17.8. The summed E-state index contributed by atoms with van der Waals surface area (Å²) >= 11 is 0. The second-order valence-corrected chi connectivity index (χ2v) is 7.64. The topological polar surface area (TPSA) is 105 Å². The number of carbonyl (C=O) groups is 2. The van der Waals surface area contributed by atoms with Gasteiger partial charge in [0.05, 0.1) is 18.2 Å². The lowest BCUT2D eigenvalue weighted by atomic mass is 9.99. The number of hydrogen-bond acceptors (Lipinski definition) is 4. The van der Waals surface area contributed by atoms with Gasteiger partial charge >= 0.3 is 5.97 Å². The van der Waals surface area contributed by atoms with Crippen LogP contribution in [0.4, 0.5) is 5.69 Å². The van der Waals surface area contributed by atoms with Crippen molar-refractivity contribution in [3.05, 3.63) is 108 Å². The van der Waals surface area contributed by atoms with E-state index in [1.54, 1.807) is 30.3 Å². The molecule has 1 heterocycles. The molecule has 1 atom stereocenters. The molecule has 6 heteroatoms. The minimum atomic E-state index is -1.00. The van der Waals surface area contributed by atoms with Gasteiger partial charge in [0.15, 0.2) is 0 Å². The van der Waals surface area contributed by atoms with Gasteiger partial charge in [0, 0.05) is 11.3 Å². The summed E-state index contributed by atoms with van der Waals surface area (Å²) in [4.78, 5) is 28.9. The Labute approximate surface area is 191 Å². The third-order valence-corrected chi connectivity index (χ3v) is 5.29. The second-order valence-electron chi connectivity index (χ2n) is 7.64. The van der Waals surface area contributed by atoms with Crippen LogP contribution in [0.15, 0.2) is 97.1 Å². The molecule has 4 aromatic rings. The number of aromatic nitrogens is 1. The summed E-state index contributed by atoms with van der Waals surface area (Å²) in [6.45, 7) is 0. The monoisotopic (exact) mass is 437 g/mol. The van der Waals surface area contributed by atoms with Crippen LogP contribution in [0.5, 0.6) is 0 Å². The molecule has 3 aromatic carbocycles. The summed E-state index contributed by atoms with van der Waals surface area (Å²) in [5.74, 6) is -1.44. The lowest BCUT2D eigenvalue weighted by molar-refractivity contribution is -0.137. The zero-order chi connectivity index (χ0) is 23.2. The third kappa shape index (κ3) is 5.43. The maximum atomic E-state index is 12.9. The maximum Gasteiger partial charge on any atom is 0.305 e. The first-order chi connectivity index (χ1) is 16.0. The Morgan fingerprint density at radius 2 is 1.42 bits per heavy atom. The number of rotatable bonds is 7. The molecule has 4 N–H and O–H groups in total. The summed E-state index contributed by atoms with van der Waals surface area (Å²) in [6, 6.07) is 29.1. The molecule has 0 aliphatic carbocycles. The van der Waals surface area contributed by atoms with Gasteiger partial charge < -0.3 is 16.2 Å². The minimum Gasteiger partial charge on any atom is -0.481 e. The van der Waals surface area contributed by atoms with Crippen molar-refractivity contribution in [1.29, 1.82) is 0 Å². The molecule has 164 valence electrons. The van der Waals surface area contributed by atoms with Crippen LogP contribution in [0.25, 0.3) is 22.4 Å². The fourth-order valence-corrected chi connectivity index (χ4v) is 3.57. The molecule has 33 heavy (non-hydrogen) atoms. The molecule has 0 fully saturated rings. The summed E-state index contributed by atoms with van der Waals surface area (Å²) in [7, 11) is 0. The van der Waals surface area contributed by atoms with E-state index >= 15 is 0 Å². The lowest BCUT2D eigenvalue weighted by Gasteiger charge is -2.18. The zero-order valence-corrected chi connectivity index (χ0v) is 17.8. The molecule has 0 radical (unpaired) electrons. The van der Waals surface area contributed by atoms with E-state index in [-0.39, 0.29) is 12.1 Å². The van der Waals surface area contributed by atoms with E-state index in [9.17, 15) is 14.7 Å². The second kappa shape index (κ2) is 9.78. The largest absolute Gasteiger partial charge is 0.481 e. The Kier molecular flexibility index (Phi) is 6.45. The lowest BCUT2D eigenvalue weighted by Crippen LogP contribution is -2.30. The first-order valence-electron chi connectivity index (χ1n) is 10.5. The SMILES string of the molecule is Nc1ccc(-c2cccc(C(=O)NC(CC(=O)O)c3ccc(-c4ccccc4)cc3)n2)cc1. The highest BCUT2D eigenvalue weighted by Crippen LogP contribution is 2.24. The smallest absolute Gasteiger partial charge is 0.305 e. The van der Waals surface area contributed by atoms with Crippen LogP contribution in [-0.2, 0) is 4.79 Å². The average Bonchev–Trinajstić information content (AvgIpc) is 2.84. The number of anilines is 1. The van der Waals surface area contributed by atoms with Gasteiger partial charge in [-0.3, -0.25) is 9.59 Å². The van der Waals surface area contributed by atoms with Crippen molar-refractivity contribution in [3.63, 3.8) is 0 Å². The molecule has 0 aliphatic rings. The highest BCUT2D eigenvalue weighted by atomic mass is 16.4. The molecule has 0 saturated carbocycles. The number of nitrogens with two attached hydrogens (primary N) is 1. The van der Waals surface area contributed by atoms with E-state index in [2.05, 4.69) is 10.3 Å². The van der Waals surface area contributed by atoms with E-state index in [1.165, 1.54) is 0 Å². The van der Waals surface area contributed by atoms with E-state index in [0.717, 1.165) is 16.7 Å². The Morgan fingerprint density at radius 1 is 0.788 bits per heavy atom. The highest BCUT2D eigenvalue weighted by molar-refractivity contribution is 5.93. The molecule has 0 saturated heterocycles. The summed E-state index contributed by atoms with van der Waals surface area (Å²) < 4.78 is 0. The molecular weight excluding hydrogens is 414 g/mol. The number of benzene rings is 3. The van der Waals surface area contributed by atoms with E-state index in [1.807, 2.05) is 66.7 Å². The van der Waals surface area contributed by atoms with Gasteiger partial charge in [-0.15, -0.1) is 0 Å². The Hall–Kier alpha value is -4.45. The van der Waals surface area contributed by atoms with Crippen LogP contribution in [0.2, 0.25) is 0 Å². The molecular formula is C27H23N3O3. The quantitative estimate of drug-likeness (QED) is 0.355. The predicted molar refractivity (Wildman–Crippen MR) is 128 cm³/mol. The number of aliphatic carboxylic acids is 1. The van der Waals surface area contributed by atoms with Crippen LogP contribution < -0.4 is 11.1 Å². The van der Waals surface area contributed by atoms with Crippen molar-refractivity contribution in [2.24, 2.45) is 0 Å². The third-order valence-electron chi connectivity index (χ3n) is 5.29. The van der Waals surface area contributed by atoms with E-state index in [0.29, 0.717) is 16.9 Å². The van der Waals surface area contributed by atoms with Gasteiger partial charge in [-0.05, 0) is 41.0 Å². The van der Waals surface area contributed by atoms with Gasteiger partial charge in [-0.1, -0.05) is 72.8 Å². The number of carbonyl (C=O) groups excluding carboxylic acids is 1. The van der Waals surface area contributed by atoms with E-state index in [4.69, 9.17) is 5.73 Å². The van der Waals surface area contributed by atoms with Crippen molar-refractivity contribution in [3.8, 4) is 22.4 Å². The number of carboxylic acids is 1. The number of pyridine rings is 1. The van der Waals surface area contributed by atoms with Crippen LogP contribution in [0.1, 0.15) is 28.5 Å². The Bertz CT molecular complexity index is 1250. The number of nitrogen functional groups attached to an aromatic ring is 1. The van der Waals surface area contributed by atoms with Crippen molar-refractivity contribution < 1.29 is 14.7 Å². The number of amides is 1. The van der Waals surface area contributed by atoms with Crippen molar-refractivity contribution in [2.45, 2.75) is 12.5 Å². The van der Waals surface area contributed by atoms with Crippen LogP contribution in [0.3, 0.4) is 0 Å². The van der Waals surface area contributed by atoms with Gasteiger partial charge in [0.25, 0.3) is 5.91 Å². The number of hydrogen-bond donors (Lipinski definition) is 3. The first-order valence-corrected chi connectivity index (χ1v) is 10.5. The standard InChI is InChI=1S/C27H23N3O3/c28-22-15-13-20(14-16-22)23-7-4-8-24(29-23)27(33)30-25(17-26(31)32)21-11-9-19(10-12-21)18-5-2-1-3-6-18/h1-16,25H,17,28H2,(H,30,33)(H,31,32). The Morgan fingerprint density at radius 3 is 2.09 bits per heavy atom. The molecule has 0 bridgehead atoms. The summed E-state index contributed by atoms with van der Waals surface area (Å²) in [5.41, 5.74) is 10.8. The van der Waals surface area contributed by atoms with Gasteiger partial charge in [-0.25, -0.2) is 4.98 Å². The fourth-order valence-electron chi connectivity index (χ4n) is 3.57. The van der Waals surface area contributed by atoms with Crippen molar-refractivity contribution >= 4 is 17.6 Å². The predicted octanol–water partition coefficient (Wildman–Crippen LogP) is 4.94. The number of carboxylic acid groups (broad SMARTS) is 1. The fraction of sp³-hybridized carbons (Fsp3) is 0.0741. The minimum absolute atomic E-state index is 0.209. The number of nitrogens with one attached hydrogen (secondary N) is 1.